The summed E-state index contributed by atoms with van der Waals surface area (Å²) in [7, 11) is 0. The number of esters is 1. The van der Waals surface area contributed by atoms with Gasteiger partial charge in [0.1, 0.15) is 11.5 Å². The van der Waals surface area contributed by atoms with Crippen molar-refractivity contribution in [3.63, 3.8) is 0 Å². The Morgan fingerprint density at radius 2 is 2.07 bits per heavy atom. The van der Waals surface area contributed by atoms with E-state index in [-0.39, 0.29) is 35.6 Å². The number of carbonyl (C=O) groups is 2. The van der Waals surface area contributed by atoms with Crippen molar-refractivity contribution in [2.45, 2.75) is 45.1 Å². The highest BCUT2D eigenvalue weighted by atomic mass is 32.1. The van der Waals surface area contributed by atoms with Crippen LogP contribution in [0.5, 0.6) is 0 Å². The molecule has 1 aromatic carbocycles. The van der Waals surface area contributed by atoms with Crippen molar-refractivity contribution in [2.24, 2.45) is 10.7 Å². The van der Waals surface area contributed by atoms with Gasteiger partial charge in [-0.1, -0.05) is 0 Å². The van der Waals surface area contributed by atoms with Gasteiger partial charge < -0.3 is 15.4 Å². The SMILES string of the molecule is CCOC(=O)C(C=Nc1ccc(-c2cc3nc(C(=O)N4CCc5sccc5C4C)cc(C4CC4)n3n2)c(F)c1)=CN. The number of thiophene rings is 1. The van der Waals surface area contributed by atoms with Gasteiger partial charge in [-0.2, -0.15) is 5.10 Å². The van der Waals surface area contributed by atoms with Gasteiger partial charge in [0, 0.05) is 53.1 Å². The van der Waals surface area contributed by atoms with Crippen molar-refractivity contribution >= 4 is 40.8 Å². The van der Waals surface area contributed by atoms with E-state index < -0.39 is 11.8 Å². The lowest BCUT2D eigenvalue weighted by molar-refractivity contribution is -0.137. The molecule has 1 atom stereocenters. The molecule has 1 fully saturated rings. The second-order valence-corrected chi connectivity index (χ2v) is 11.1. The Kier molecular flexibility index (Phi) is 7.12. The summed E-state index contributed by atoms with van der Waals surface area (Å²) in [4.78, 5) is 37.6. The van der Waals surface area contributed by atoms with Crippen molar-refractivity contribution in [1.82, 2.24) is 19.5 Å². The van der Waals surface area contributed by atoms with Crippen molar-refractivity contribution < 1.29 is 18.7 Å². The van der Waals surface area contributed by atoms with E-state index in [2.05, 4.69) is 33.4 Å². The van der Waals surface area contributed by atoms with Gasteiger partial charge in [-0.3, -0.25) is 9.79 Å². The molecule has 11 heteroatoms. The minimum atomic E-state index is -0.608. The lowest BCUT2D eigenvalue weighted by Gasteiger charge is -2.33. The molecule has 0 spiro atoms. The smallest absolute Gasteiger partial charge is 0.341 e. The van der Waals surface area contributed by atoms with Crippen molar-refractivity contribution in [3.8, 4) is 11.3 Å². The summed E-state index contributed by atoms with van der Waals surface area (Å²) in [5.41, 5.74) is 9.53. The summed E-state index contributed by atoms with van der Waals surface area (Å²) < 4.78 is 21.9. The number of aliphatic imine (C=N–C) groups is 1. The van der Waals surface area contributed by atoms with Gasteiger partial charge >= 0.3 is 5.97 Å². The summed E-state index contributed by atoms with van der Waals surface area (Å²) in [6.45, 7) is 4.59. The van der Waals surface area contributed by atoms with Gasteiger partial charge in [-0.05, 0) is 68.3 Å². The highest BCUT2D eigenvalue weighted by Gasteiger charge is 2.33. The van der Waals surface area contributed by atoms with Gasteiger partial charge in [-0.25, -0.2) is 18.7 Å². The van der Waals surface area contributed by atoms with Gasteiger partial charge in [0.15, 0.2) is 5.65 Å². The Morgan fingerprint density at radius 1 is 1.24 bits per heavy atom. The van der Waals surface area contributed by atoms with Crippen LogP contribution in [0, 0.1) is 5.82 Å². The normalized spacial score (nSPS) is 17.3. The van der Waals surface area contributed by atoms with Crippen molar-refractivity contribution in [3.05, 3.63) is 81.2 Å². The van der Waals surface area contributed by atoms with Crippen LogP contribution >= 0.6 is 11.3 Å². The van der Waals surface area contributed by atoms with Gasteiger partial charge in [0.25, 0.3) is 5.91 Å². The zero-order chi connectivity index (χ0) is 28.7. The lowest BCUT2D eigenvalue weighted by atomic mass is 10.0. The first-order valence-electron chi connectivity index (χ1n) is 13.6. The van der Waals surface area contributed by atoms with Crippen LogP contribution in [0.4, 0.5) is 10.1 Å². The van der Waals surface area contributed by atoms with Crippen molar-refractivity contribution in [1.29, 1.82) is 0 Å². The van der Waals surface area contributed by atoms with Crippen LogP contribution in [0.1, 0.15) is 65.3 Å². The Hall–Kier alpha value is -4.38. The molecule has 2 aliphatic rings. The van der Waals surface area contributed by atoms with E-state index in [1.165, 1.54) is 22.7 Å². The van der Waals surface area contributed by atoms with Crippen LogP contribution < -0.4 is 5.73 Å². The predicted octanol–water partition coefficient (Wildman–Crippen LogP) is 5.34. The van der Waals surface area contributed by atoms with E-state index >= 15 is 4.39 Å². The minimum Gasteiger partial charge on any atom is -0.462 e. The molecule has 4 heterocycles. The zero-order valence-electron chi connectivity index (χ0n) is 22.7. The Morgan fingerprint density at radius 3 is 2.80 bits per heavy atom. The maximum Gasteiger partial charge on any atom is 0.341 e. The molecule has 2 N–H and O–H groups in total. The number of nitrogens with two attached hydrogens (primary N) is 1. The molecule has 1 amide bonds. The summed E-state index contributed by atoms with van der Waals surface area (Å²) in [5, 5.41) is 6.76. The lowest BCUT2D eigenvalue weighted by Crippen LogP contribution is -2.38. The molecule has 9 nitrogen and oxygen atoms in total. The minimum absolute atomic E-state index is 0.0237. The molecule has 0 saturated heterocycles. The van der Waals surface area contributed by atoms with Crippen LogP contribution in [0.3, 0.4) is 0 Å². The standard InChI is InChI=1S/C30H29FN6O3S/c1-3-40-30(39)19(15-32)16-33-20-6-7-22(23(31)12-20)24-14-28-34-25(13-26(18-4-5-18)37(28)35-24)29(38)36-10-8-27-21(17(36)2)9-11-41-27/h6-7,9,11-18H,3-5,8,10,32H2,1-2H3. The monoisotopic (exact) mass is 572 g/mol. The Labute approximate surface area is 240 Å². The number of rotatable bonds is 7. The molecule has 41 heavy (non-hydrogen) atoms. The van der Waals surface area contributed by atoms with E-state index in [1.54, 1.807) is 41.0 Å². The van der Waals surface area contributed by atoms with E-state index in [9.17, 15) is 9.59 Å². The molecule has 4 aromatic rings. The first kappa shape index (κ1) is 26.8. The Balaban J connectivity index is 1.30. The molecule has 210 valence electrons. The van der Waals surface area contributed by atoms with E-state index in [0.29, 0.717) is 29.3 Å². The van der Waals surface area contributed by atoms with Crippen LogP contribution in [0.15, 0.2) is 58.5 Å². The molecule has 0 bridgehead atoms. The third-order valence-electron chi connectivity index (χ3n) is 7.48. The maximum absolute atomic E-state index is 15.3. The van der Waals surface area contributed by atoms with Crippen LogP contribution in [-0.2, 0) is 16.0 Å². The quantitative estimate of drug-likeness (QED) is 0.182. The second kappa shape index (κ2) is 10.9. The van der Waals surface area contributed by atoms with Crippen LogP contribution in [0.2, 0.25) is 0 Å². The summed E-state index contributed by atoms with van der Waals surface area (Å²) >= 11 is 1.74. The van der Waals surface area contributed by atoms with E-state index in [4.69, 9.17) is 10.5 Å². The molecule has 1 aliphatic carbocycles. The molecule has 1 unspecified atom stereocenters. The molecule has 6 rings (SSSR count). The number of amides is 1. The molecule has 1 aliphatic heterocycles. The molecule has 3 aromatic heterocycles. The number of nitrogens with zero attached hydrogens (tertiary/aromatic N) is 5. The van der Waals surface area contributed by atoms with Crippen LogP contribution in [0.25, 0.3) is 16.9 Å². The topological polar surface area (TPSA) is 115 Å². The third kappa shape index (κ3) is 5.13. The first-order chi connectivity index (χ1) is 19.9. The van der Waals surface area contributed by atoms with Gasteiger partial charge in [0.2, 0.25) is 0 Å². The number of aromatic nitrogens is 3. The van der Waals surface area contributed by atoms with Crippen molar-refractivity contribution in [2.75, 3.05) is 13.2 Å². The molecule has 0 radical (unpaired) electrons. The highest BCUT2D eigenvalue weighted by Crippen LogP contribution is 2.41. The number of fused-ring (bicyclic) bond motifs is 2. The van der Waals surface area contributed by atoms with E-state index in [1.807, 2.05) is 11.0 Å². The average Bonchev–Trinajstić information content (AvgIpc) is 3.53. The first-order valence-corrected chi connectivity index (χ1v) is 14.5. The summed E-state index contributed by atoms with van der Waals surface area (Å²) in [5.74, 6) is -0.963. The largest absolute Gasteiger partial charge is 0.462 e. The number of hydrogen-bond acceptors (Lipinski definition) is 8. The number of benzene rings is 1. The molecule has 1 saturated carbocycles. The fourth-order valence-electron chi connectivity index (χ4n) is 5.16. The number of ether oxygens (including phenoxy) is 1. The number of halogens is 1. The van der Waals surface area contributed by atoms with E-state index in [0.717, 1.165) is 31.2 Å². The predicted molar refractivity (Wildman–Crippen MR) is 155 cm³/mol. The average molecular weight is 573 g/mol. The number of carbonyl (C=O) groups excluding carboxylic acids is 2. The molecular formula is C30H29FN6O3S. The van der Waals surface area contributed by atoms with Crippen LogP contribution in [-0.4, -0.2) is 50.7 Å². The fraction of sp³-hybridized carbons (Fsp3) is 0.300. The number of hydrogen-bond donors (Lipinski definition) is 1. The van der Waals surface area contributed by atoms with Gasteiger partial charge in [0.05, 0.1) is 29.6 Å². The Bertz CT molecular complexity index is 1720. The fourth-order valence-corrected chi connectivity index (χ4v) is 6.12. The van der Waals surface area contributed by atoms with Gasteiger partial charge in [-0.15, -0.1) is 11.3 Å². The highest BCUT2D eigenvalue weighted by molar-refractivity contribution is 7.10. The summed E-state index contributed by atoms with van der Waals surface area (Å²) in [6.07, 6.45) is 5.18. The third-order valence-corrected chi connectivity index (χ3v) is 8.48. The maximum atomic E-state index is 15.3. The second-order valence-electron chi connectivity index (χ2n) is 10.1. The molecular weight excluding hydrogens is 543 g/mol. The summed E-state index contributed by atoms with van der Waals surface area (Å²) in [6, 6.07) is 10.1. The zero-order valence-corrected chi connectivity index (χ0v) is 23.5.